The van der Waals surface area contributed by atoms with Gasteiger partial charge in [-0.25, -0.2) is 0 Å². The van der Waals surface area contributed by atoms with Crippen LogP contribution in [-0.2, 0) is 7.80 Å². The monoisotopic (exact) mass is 244 g/mol. The highest BCUT2D eigenvalue weighted by molar-refractivity contribution is 14.1. The predicted molar refractivity (Wildman–Crippen MR) is 41.4 cm³/mol. The summed E-state index contributed by atoms with van der Waals surface area (Å²) in [5.41, 5.74) is 0. The third-order valence-electron chi connectivity index (χ3n) is 1.37. The van der Waals surface area contributed by atoms with Gasteiger partial charge in [-0.1, -0.05) is 0 Å². The molecule has 3 nitrogen and oxygen atoms in total. The molecular weight excluding hydrogens is 233 g/mol. The first-order valence-corrected chi connectivity index (χ1v) is 3.96. The van der Waals surface area contributed by atoms with Crippen LogP contribution in [0.2, 0.25) is 0 Å². The summed E-state index contributed by atoms with van der Waals surface area (Å²) in [6.07, 6.45) is 0. The van der Waals surface area contributed by atoms with E-state index in [0.717, 1.165) is 26.4 Å². The molecule has 0 saturated carbocycles. The normalized spacial score (nSPS) is 28.3. The molecule has 4 heteroatoms. The molecule has 9 heavy (non-hydrogen) atoms. The van der Waals surface area contributed by atoms with Crippen molar-refractivity contribution in [2.45, 2.75) is 6.04 Å². The molecule has 1 fully saturated rings. The van der Waals surface area contributed by atoms with Gasteiger partial charge >= 0.3 is 0 Å². The Balaban J connectivity index is 2.08. The molecule has 0 amide bonds. The summed E-state index contributed by atoms with van der Waals surface area (Å²) in [6.45, 7) is 3.59. The van der Waals surface area contributed by atoms with Crippen molar-refractivity contribution in [1.82, 2.24) is 0 Å². The molecular formula is C5H11INO2+. The molecule has 2 N–H and O–H groups in total. The van der Waals surface area contributed by atoms with Gasteiger partial charge in [0.25, 0.3) is 0 Å². The first-order valence-electron chi connectivity index (χ1n) is 3.08. The molecule has 0 aromatic carbocycles. The average molecular weight is 244 g/mol. The maximum Gasteiger partial charge on any atom is 0.134 e. The topological polar surface area (TPSA) is 35.1 Å². The fourth-order valence-corrected chi connectivity index (χ4v) is 1.35. The predicted octanol–water partition coefficient (Wildman–Crippen LogP) is -0.685. The van der Waals surface area contributed by atoms with E-state index in [1.807, 2.05) is 23.0 Å². The van der Waals surface area contributed by atoms with Gasteiger partial charge in [-0.05, 0) is 0 Å². The summed E-state index contributed by atoms with van der Waals surface area (Å²) in [6, 6.07) is 0.524. The van der Waals surface area contributed by atoms with Gasteiger partial charge in [0.2, 0.25) is 0 Å². The molecule has 54 valence electrons. The van der Waals surface area contributed by atoms with E-state index in [1.54, 1.807) is 0 Å². The number of rotatable bonds is 2. The van der Waals surface area contributed by atoms with Crippen molar-refractivity contribution in [3.05, 3.63) is 0 Å². The second kappa shape index (κ2) is 4.43. The number of nitrogens with two attached hydrogens (primary N) is 1. The quantitative estimate of drug-likeness (QED) is 0.653. The molecule has 1 aliphatic rings. The second-order valence-electron chi connectivity index (χ2n) is 2.14. The Labute approximate surface area is 68.8 Å². The van der Waals surface area contributed by atoms with Gasteiger partial charge in [0, 0.05) is 0 Å². The molecule has 0 unspecified atom stereocenters. The highest BCUT2D eigenvalue weighted by Gasteiger charge is 2.15. The SMILES string of the molecule is IOC[C@@H]1COCC[NH2+]1. The van der Waals surface area contributed by atoms with Crippen molar-refractivity contribution >= 4 is 23.0 Å². The van der Waals surface area contributed by atoms with Gasteiger partial charge in [0.15, 0.2) is 0 Å². The van der Waals surface area contributed by atoms with Crippen molar-refractivity contribution in [2.24, 2.45) is 0 Å². The average Bonchev–Trinajstić information content (AvgIpc) is 1.91. The van der Waals surface area contributed by atoms with Crippen LogP contribution in [0.4, 0.5) is 0 Å². The van der Waals surface area contributed by atoms with E-state index in [4.69, 9.17) is 7.80 Å². The van der Waals surface area contributed by atoms with Crippen LogP contribution >= 0.6 is 23.0 Å². The zero-order chi connectivity index (χ0) is 6.53. The molecule has 0 spiro atoms. The number of ether oxygens (including phenoxy) is 1. The number of quaternary nitrogens is 1. The molecule has 0 aliphatic carbocycles. The lowest BCUT2D eigenvalue weighted by molar-refractivity contribution is -0.705. The lowest BCUT2D eigenvalue weighted by Gasteiger charge is -2.18. The standard InChI is InChI=1S/C5H10INO2/c6-9-4-5-3-8-2-1-7-5/h5,7H,1-4H2/p+1/t5-/m0/s1. The van der Waals surface area contributed by atoms with Crippen molar-refractivity contribution in [3.63, 3.8) is 0 Å². The van der Waals surface area contributed by atoms with Gasteiger partial charge in [-0.3, -0.25) is 0 Å². The van der Waals surface area contributed by atoms with Crippen LogP contribution in [0.15, 0.2) is 0 Å². The van der Waals surface area contributed by atoms with Crippen molar-refractivity contribution < 1.29 is 13.1 Å². The molecule has 1 rings (SSSR count). The van der Waals surface area contributed by atoms with Gasteiger partial charge in [-0.15, -0.1) is 0 Å². The van der Waals surface area contributed by atoms with Crippen molar-refractivity contribution in [3.8, 4) is 0 Å². The first-order chi connectivity index (χ1) is 4.43. The molecule has 0 bridgehead atoms. The minimum Gasteiger partial charge on any atom is -0.369 e. The Morgan fingerprint density at radius 1 is 1.78 bits per heavy atom. The summed E-state index contributed by atoms with van der Waals surface area (Å²) < 4.78 is 10.2. The van der Waals surface area contributed by atoms with Crippen LogP contribution in [-0.4, -0.2) is 32.4 Å². The molecule has 1 aliphatic heterocycles. The van der Waals surface area contributed by atoms with Crippen LogP contribution in [0, 0.1) is 0 Å². The van der Waals surface area contributed by atoms with Crippen LogP contribution in [0.3, 0.4) is 0 Å². The fraction of sp³-hybridized carbons (Fsp3) is 1.00. The van der Waals surface area contributed by atoms with E-state index in [2.05, 4.69) is 5.32 Å². The number of hydrogen-bond acceptors (Lipinski definition) is 2. The van der Waals surface area contributed by atoms with E-state index >= 15 is 0 Å². The highest BCUT2D eigenvalue weighted by Crippen LogP contribution is 1.90. The number of morpholine rings is 1. The summed E-state index contributed by atoms with van der Waals surface area (Å²) in [5.74, 6) is 0. The Morgan fingerprint density at radius 3 is 3.22 bits per heavy atom. The largest absolute Gasteiger partial charge is 0.369 e. The maximum absolute atomic E-state index is 5.22. The van der Waals surface area contributed by atoms with Gasteiger partial charge in [0.1, 0.15) is 42.3 Å². The summed E-state index contributed by atoms with van der Waals surface area (Å²) in [4.78, 5) is 0. The van der Waals surface area contributed by atoms with E-state index < -0.39 is 0 Å². The number of hydrogen-bond donors (Lipinski definition) is 1. The second-order valence-corrected chi connectivity index (χ2v) is 2.76. The van der Waals surface area contributed by atoms with Crippen LogP contribution in [0.25, 0.3) is 0 Å². The van der Waals surface area contributed by atoms with Crippen molar-refractivity contribution in [1.29, 1.82) is 0 Å². The van der Waals surface area contributed by atoms with Gasteiger partial charge in [0.05, 0.1) is 13.2 Å². The minimum atomic E-state index is 0.524. The Kier molecular flexibility index (Phi) is 3.80. The van der Waals surface area contributed by atoms with E-state index in [9.17, 15) is 0 Å². The molecule has 0 aromatic rings. The summed E-state index contributed by atoms with van der Waals surface area (Å²) in [5, 5.41) is 2.27. The highest BCUT2D eigenvalue weighted by atomic mass is 127. The Hall–Kier alpha value is 0.610. The summed E-state index contributed by atoms with van der Waals surface area (Å²) in [7, 11) is 0. The van der Waals surface area contributed by atoms with Gasteiger partial charge in [-0.2, -0.15) is 0 Å². The van der Waals surface area contributed by atoms with Crippen LogP contribution < -0.4 is 5.32 Å². The third kappa shape index (κ3) is 2.79. The minimum absolute atomic E-state index is 0.524. The molecule has 0 aromatic heterocycles. The van der Waals surface area contributed by atoms with Crippen LogP contribution in [0.5, 0.6) is 0 Å². The number of halogens is 1. The fourth-order valence-electron chi connectivity index (χ4n) is 0.887. The molecule has 1 heterocycles. The lowest BCUT2D eigenvalue weighted by atomic mass is 10.3. The zero-order valence-electron chi connectivity index (χ0n) is 5.18. The van der Waals surface area contributed by atoms with E-state index in [-0.39, 0.29) is 0 Å². The Morgan fingerprint density at radius 2 is 2.67 bits per heavy atom. The smallest absolute Gasteiger partial charge is 0.134 e. The summed E-state index contributed by atoms with van der Waals surface area (Å²) >= 11 is 1.91. The van der Waals surface area contributed by atoms with Gasteiger partial charge < -0.3 is 13.1 Å². The van der Waals surface area contributed by atoms with Crippen LogP contribution in [0.1, 0.15) is 0 Å². The van der Waals surface area contributed by atoms with E-state index in [1.165, 1.54) is 0 Å². The first kappa shape index (κ1) is 7.71. The Bertz CT molecular complexity index is 72.6. The zero-order valence-corrected chi connectivity index (χ0v) is 7.34. The van der Waals surface area contributed by atoms with E-state index in [0.29, 0.717) is 6.04 Å². The molecule has 1 saturated heterocycles. The molecule has 1 atom stereocenters. The third-order valence-corrected chi connectivity index (χ3v) is 1.73. The maximum atomic E-state index is 5.22. The molecule has 0 radical (unpaired) electrons. The van der Waals surface area contributed by atoms with Crippen molar-refractivity contribution in [2.75, 3.05) is 26.4 Å². The lowest BCUT2D eigenvalue weighted by Crippen LogP contribution is -2.94.